The molecule has 0 saturated carbocycles. The summed E-state index contributed by atoms with van der Waals surface area (Å²) in [5.74, 6) is 0.213. The molecule has 0 spiro atoms. The van der Waals surface area contributed by atoms with Gasteiger partial charge in [0.1, 0.15) is 6.33 Å². The molecule has 1 aromatic carbocycles. The standard InChI is InChI=1S/C13H14N4O3S/c1-17-13(14-8-15-17)16-21(19,20)10-5-6-11-9(7-10)3-2-4-12(11)18/h5-8H,2-4H2,1H3,(H,14,15,16). The van der Waals surface area contributed by atoms with Crippen molar-refractivity contribution in [1.29, 1.82) is 0 Å². The molecule has 0 saturated heterocycles. The molecular formula is C13H14N4O3S. The summed E-state index contributed by atoms with van der Waals surface area (Å²) in [4.78, 5) is 15.7. The Balaban J connectivity index is 1.96. The summed E-state index contributed by atoms with van der Waals surface area (Å²) in [5.41, 5.74) is 1.41. The molecule has 21 heavy (non-hydrogen) atoms. The fraction of sp³-hybridized carbons (Fsp3) is 0.308. The number of nitrogens with zero attached hydrogens (tertiary/aromatic N) is 3. The van der Waals surface area contributed by atoms with Crippen LogP contribution in [-0.2, 0) is 23.5 Å². The number of carbonyl (C=O) groups is 1. The van der Waals surface area contributed by atoms with Gasteiger partial charge in [-0.2, -0.15) is 10.1 Å². The van der Waals surface area contributed by atoms with E-state index in [0.717, 1.165) is 12.0 Å². The number of hydrogen-bond donors (Lipinski definition) is 1. The Hall–Kier alpha value is -2.22. The minimum absolute atomic E-state index is 0.0708. The predicted octanol–water partition coefficient (Wildman–Crippen LogP) is 1.13. The molecule has 0 aliphatic heterocycles. The van der Waals surface area contributed by atoms with E-state index in [9.17, 15) is 13.2 Å². The van der Waals surface area contributed by atoms with Crippen LogP contribution in [0.25, 0.3) is 0 Å². The van der Waals surface area contributed by atoms with Crippen molar-refractivity contribution < 1.29 is 13.2 Å². The van der Waals surface area contributed by atoms with E-state index in [4.69, 9.17) is 0 Å². The lowest BCUT2D eigenvalue weighted by molar-refractivity contribution is 0.0972. The van der Waals surface area contributed by atoms with Crippen molar-refractivity contribution in [3.8, 4) is 0 Å². The molecule has 1 heterocycles. The van der Waals surface area contributed by atoms with Crippen LogP contribution in [0.2, 0.25) is 0 Å². The minimum Gasteiger partial charge on any atom is -0.294 e. The van der Waals surface area contributed by atoms with Crippen molar-refractivity contribution in [3.63, 3.8) is 0 Å². The van der Waals surface area contributed by atoms with Gasteiger partial charge in [0.2, 0.25) is 5.95 Å². The second-order valence-corrected chi connectivity index (χ2v) is 6.59. The fourth-order valence-corrected chi connectivity index (χ4v) is 3.45. The maximum atomic E-state index is 12.3. The Kier molecular flexibility index (Phi) is 3.25. The second-order valence-electron chi connectivity index (χ2n) is 4.91. The molecule has 0 atom stereocenters. The lowest BCUT2D eigenvalue weighted by Gasteiger charge is -2.16. The van der Waals surface area contributed by atoms with E-state index in [1.165, 1.54) is 17.1 Å². The molecule has 0 bridgehead atoms. The quantitative estimate of drug-likeness (QED) is 0.917. The number of nitrogens with one attached hydrogen (secondary N) is 1. The number of carbonyl (C=O) groups excluding carboxylic acids is 1. The first-order valence-electron chi connectivity index (χ1n) is 6.50. The SMILES string of the molecule is Cn1ncnc1NS(=O)(=O)c1ccc2c(c1)CCCC2=O. The zero-order valence-electron chi connectivity index (χ0n) is 11.4. The van der Waals surface area contributed by atoms with Crippen molar-refractivity contribution in [2.24, 2.45) is 7.05 Å². The van der Waals surface area contributed by atoms with Gasteiger partial charge in [-0.25, -0.2) is 17.8 Å². The number of hydrogen-bond acceptors (Lipinski definition) is 5. The molecule has 3 rings (SSSR count). The van der Waals surface area contributed by atoms with Crippen LogP contribution in [0.4, 0.5) is 5.95 Å². The van der Waals surface area contributed by atoms with Crippen molar-refractivity contribution in [1.82, 2.24) is 14.8 Å². The smallest absolute Gasteiger partial charge is 0.264 e. The second kappa shape index (κ2) is 4.96. The van der Waals surface area contributed by atoms with E-state index < -0.39 is 10.0 Å². The number of sulfonamides is 1. The van der Waals surface area contributed by atoms with Gasteiger partial charge in [-0.1, -0.05) is 0 Å². The average molecular weight is 306 g/mol. The molecule has 1 N–H and O–H groups in total. The van der Waals surface area contributed by atoms with Gasteiger partial charge in [-0.05, 0) is 36.6 Å². The van der Waals surface area contributed by atoms with Crippen LogP contribution < -0.4 is 4.72 Å². The summed E-state index contributed by atoms with van der Waals surface area (Å²) < 4.78 is 28.4. The molecule has 1 aromatic heterocycles. The van der Waals surface area contributed by atoms with E-state index in [-0.39, 0.29) is 16.6 Å². The maximum absolute atomic E-state index is 12.3. The van der Waals surface area contributed by atoms with E-state index >= 15 is 0 Å². The Morgan fingerprint density at radius 2 is 2.10 bits per heavy atom. The molecule has 0 fully saturated rings. The summed E-state index contributed by atoms with van der Waals surface area (Å²) in [5, 5.41) is 3.81. The maximum Gasteiger partial charge on any atom is 0.264 e. The van der Waals surface area contributed by atoms with Crippen molar-refractivity contribution in [3.05, 3.63) is 35.7 Å². The predicted molar refractivity (Wildman–Crippen MR) is 75.5 cm³/mol. The Labute approximate surface area is 122 Å². The zero-order valence-corrected chi connectivity index (χ0v) is 12.2. The van der Waals surface area contributed by atoms with Crippen LogP contribution in [0, 0.1) is 0 Å². The van der Waals surface area contributed by atoms with Gasteiger partial charge in [-0.15, -0.1) is 0 Å². The average Bonchev–Trinajstić information content (AvgIpc) is 2.83. The lowest BCUT2D eigenvalue weighted by atomic mass is 9.91. The van der Waals surface area contributed by atoms with Crippen LogP contribution in [-0.4, -0.2) is 29.0 Å². The van der Waals surface area contributed by atoms with Crippen molar-refractivity contribution in [2.45, 2.75) is 24.2 Å². The van der Waals surface area contributed by atoms with E-state index in [1.54, 1.807) is 19.2 Å². The van der Waals surface area contributed by atoms with Crippen LogP contribution in [0.3, 0.4) is 0 Å². The number of aryl methyl sites for hydroxylation is 2. The molecule has 8 heteroatoms. The third-order valence-corrected chi connectivity index (χ3v) is 4.80. The summed E-state index contributed by atoms with van der Waals surface area (Å²) in [7, 11) is -2.15. The zero-order chi connectivity index (χ0) is 15.0. The lowest BCUT2D eigenvalue weighted by Crippen LogP contribution is -2.18. The van der Waals surface area contributed by atoms with Gasteiger partial charge in [0.05, 0.1) is 4.90 Å². The number of anilines is 1. The number of fused-ring (bicyclic) bond motifs is 1. The third-order valence-electron chi connectivity index (χ3n) is 3.47. The monoisotopic (exact) mass is 306 g/mol. The molecule has 110 valence electrons. The molecule has 0 unspecified atom stereocenters. The van der Waals surface area contributed by atoms with Crippen LogP contribution in [0.15, 0.2) is 29.4 Å². The van der Waals surface area contributed by atoms with Gasteiger partial charge in [0, 0.05) is 19.0 Å². The Morgan fingerprint density at radius 3 is 2.81 bits per heavy atom. The normalized spacial score (nSPS) is 14.8. The highest BCUT2D eigenvalue weighted by Gasteiger charge is 2.22. The highest BCUT2D eigenvalue weighted by atomic mass is 32.2. The molecule has 7 nitrogen and oxygen atoms in total. The van der Waals surface area contributed by atoms with Gasteiger partial charge in [-0.3, -0.25) is 4.79 Å². The fourth-order valence-electron chi connectivity index (χ4n) is 2.36. The third kappa shape index (κ3) is 2.54. The highest BCUT2D eigenvalue weighted by Crippen LogP contribution is 2.24. The summed E-state index contributed by atoms with van der Waals surface area (Å²) in [6, 6.07) is 4.59. The number of Topliss-reactive ketones (excluding diaryl/α,β-unsaturated/α-hetero) is 1. The first-order valence-corrected chi connectivity index (χ1v) is 7.98. The topological polar surface area (TPSA) is 93.9 Å². The Morgan fingerprint density at radius 1 is 1.29 bits per heavy atom. The highest BCUT2D eigenvalue weighted by molar-refractivity contribution is 7.92. The number of ketones is 1. The van der Waals surface area contributed by atoms with Crippen LogP contribution >= 0.6 is 0 Å². The molecule has 2 aromatic rings. The largest absolute Gasteiger partial charge is 0.294 e. The molecule has 1 aliphatic carbocycles. The molecule has 1 aliphatic rings. The number of benzene rings is 1. The summed E-state index contributed by atoms with van der Waals surface area (Å²) >= 11 is 0. The molecular weight excluding hydrogens is 292 g/mol. The van der Waals surface area contributed by atoms with Gasteiger partial charge >= 0.3 is 0 Å². The Bertz CT molecular complexity index is 811. The van der Waals surface area contributed by atoms with E-state index in [1.807, 2.05) is 0 Å². The van der Waals surface area contributed by atoms with Crippen molar-refractivity contribution in [2.75, 3.05) is 4.72 Å². The number of aromatic nitrogens is 3. The first kappa shape index (κ1) is 13.7. The molecule has 0 amide bonds. The van der Waals surface area contributed by atoms with E-state index in [0.29, 0.717) is 18.4 Å². The summed E-state index contributed by atoms with van der Waals surface area (Å²) in [6.07, 6.45) is 3.26. The number of rotatable bonds is 3. The van der Waals surface area contributed by atoms with Crippen LogP contribution in [0.1, 0.15) is 28.8 Å². The van der Waals surface area contributed by atoms with Crippen molar-refractivity contribution >= 4 is 21.8 Å². The van der Waals surface area contributed by atoms with Crippen LogP contribution in [0.5, 0.6) is 0 Å². The minimum atomic E-state index is -3.74. The van der Waals surface area contributed by atoms with Gasteiger partial charge in [0.25, 0.3) is 10.0 Å². The summed E-state index contributed by atoms with van der Waals surface area (Å²) in [6.45, 7) is 0. The first-order chi connectivity index (χ1) is 9.97. The molecule has 0 radical (unpaired) electrons. The van der Waals surface area contributed by atoms with Gasteiger partial charge < -0.3 is 0 Å². The van der Waals surface area contributed by atoms with Gasteiger partial charge in [0.15, 0.2) is 5.78 Å². The van der Waals surface area contributed by atoms with E-state index in [2.05, 4.69) is 14.8 Å².